The van der Waals surface area contributed by atoms with Crippen molar-refractivity contribution in [1.29, 1.82) is 0 Å². The Hall–Kier alpha value is -1.07. The molecule has 24 heavy (non-hydrogen) atoms. The molecule has 0 radical (unpaired) electrons. The fraction of sp³-hybridized carbons (Fsp3) is 0.600. The molecule has 0 saturated carbocycles. The fourth-order valence-electron chi connectivity index (χ4n) is 2.36. The molecule has 2 rings (SSSR count). The number of ether oxygens (including phenoxy) is 2. The van der Waals surface area contributed by atoms with Crippen LogP contribution in [0.1, 0.15) is 12.5 Å². The van der Waals surface area contributed by atoms with Crippen LogP contribution in [0.3, 0.4) is 0 Å². The van der Waals surface area contributed by atoms with E-state index in [0.717, 1.165) is 5.56 Å². The molecule has 8 nitrogen and oxygen atoms in total. The fourth-order valence-corrected chi connectivity index (χ4v) is 3.28. The van der Waals surface area contributed by atoms with Crippen molar-refractivity contribution in [2.24, 2.45) is 0 Å². The number of hydrogen-bond acceptors (Lipinski definition) is 8. The Kier molecular flexibility index (Phi) is 6.32. The molecule has 0 bridgehead atoms. The number of rotatable bonds is 6. The van der Waals surface area contributed by atoms with Crippen LogP contribution in [0.15, 0.2) is 29.2 Å². The van der Waals surface area contributed by atoms with Crippen LogP contribution in [-0.4, -0.2) is 67.7 Å². The second kappa shape index (κ2) is 7.87. The van der Waals surface area contributed by atoms with Crippen molar-refractivity contribution < 1.29 is 37.4 Å². The van der Waals surface area contributed by atoms with Gasteiger partial charge in [0.2, 0.25) is 0 Å². The zero-order valence-corrected chi connectivity index (χ0v) is 14.2. The van der Waals surface area contributed by atoms with Gasteiger partial charge in [0.25, 0.3) is 10.1 Å². The predicted molar refractivity (Wildman–Crippen MR) is 82.6 cm³/mol. The maximum Gasteiger partial charge on any atom is 0.297 e. The van der Waals surface area contributed by atoms with Crippen LogP contribution in [0, 0.1) is 6.92 Å². The molecular formula is C15H22O8S. The first-order valence-corrected chi connectivity index (χ1v) is 8.94. The summed E-state index contributed by atoms with van der Waals surface area (Å²) in [6, 6.07) is 6.06. The summed E-state index contributed by atoms with van der Waals surface area (Å²) in [6.45, 7) is 3.14. The molecule has 136 valence electrons. The highest BCUT2D eigenvalue weighted by Gasteiger charge is 2.45. The molecule has 0 aliphatic carbocycles. The molecular weight excluding hydrogens is 340 g/mol. The van der Waals surface area contributed by atoms with Crippen LogP contribution >= 0.6 is 0 Å². The molecule has 1 aromatic rings. The maximum atomic E-state index is 12.1. The summed E-state index contributed by atoms with van der Waals surface area (Å²) in [6.07, 6.45) is -6.72. The smallest absolute Gasteiger partial charge is 0.297 e. The van der Waals surface area contributed by atoms with E-state index in [9.17, 15) is 23.7 Å². The Morgan fingerprint density at radius 3 is 2.33 bits per heavy atom. The van der Waals surface area contributed by atoms with Crippen LogP contribution < -0.4 is 0 Å². The molecule has 1 fully saturated rings. The van der Waals surface area contributed by atoms with Crippen LogP contribution in [-0.2, 0) is 23.8 Å². The predicted octanol–water partition coefficient (Wildman–Crippen LogP) is -0.456. The molecule has 0 amide bonds. The second-order valence-corrected chi connectivity index (χ2v) is 7.13. The Morgan fingerprint density at radius 2 is 1.75 bits per heavy atom. The second-order valence-electron chi connectivity index (χ2n) is 5.52. The van der Waals surface area contributed by atoms with Gasteiger partial charge in [-0.15, -0.1) is 0 Å². The lowest BCUT2D eigenvalue weighted by Gasteiger charge is -2.40. The minimum absolute atomic E-state index is 0.0355. The average Bonchev–Trinajstić information content (AvgIpc) is 2.54. The largest absolute Gasteiger partial charge is 0.387 e. The molecule has 0 spiro atoms. The van der Waals surface area contributed by atoms with Gasteiger partial charge in [0.05, 0.1) is 11.5 Å². The molecule has 1 saturated heterocycles. The van der Waals surface area contributed by atoms with Crippen molar-refractivity contribution in [3.05, 3.63) is 29.8 Å². The lowest BCUT2D eigenvalue weighted by molar-refractivity contribution is -0.294. The Bertz CT molecular complexity index is 629. The minimum atomic E-state index is -4.04. The number of aryl methyl sites for hydroxylation is 1. The first-order chi connectivity index (χ1) is 11.3. The molecule has 0 unspecified atom stereocenters. The van der Waals surface area contributed by atoms with Gasteiger partial charge in [0.1, 0.15) is 24.4 Å². The Labute approximate surface area is 140 Å². The molecule has 1 aliphatic rings. The lowest BCUT2D eigenvalue weighted by atomic mass is 9.99. The average molecular weight is 362 g/mol. The Morgan fingerprint density at radius 1 is 1.12 bits per heavy atom. The minimum Gasteiger partial charge on any atom is -0.387 e. The van der Waals surface area contributed by atoms with Crippen molar-refractivity contribution in [3.8, 4) is 0 Å². The zero-order valence-electron chi connectivity index (χ0n) is 13.4. The third-order valence-corrected chi connectivity index (χ3v) is 5.01. The van der Waals surface area contributed by atoms with E-state index in [4.69, 9.17) is 13.7 Å². The van der Waals surface area contributed by atoms with Crippen LogP contribution in [0.5, 0.6) is 0 Å². The number of aliphatic hydroxyl groups is 3. The van der Waals surface area contributed by atoms with E-state index in [1.807, 2.05) is 6.92 Å². The quantitative estimate of drug-likeness (QED) is 0.581. The van der Waals surface area contributed by atoms with E-state index >= 15 is 0 Å². The van der Waals surface area contributed by atoms with Crippen LogP contribution in [0.25, 0.3) is 0 Å². The summed E-state index contributed by atoms with van der Waals surface area (Å²) < 4.78 is 39.3. The van der Waals surface area contributed by atoms with E-state index in [2.05, 4.69) is 0 Å². The van der Waals surface area contributed by atoms with Gasteiger partial charge in [0, 0.05) is 6.61 Å². The summed E-state index contributed by atoms with van der Waals surface area (Å²) >= 11 is 0. The van der Waals surface area contributed by atoms with Gasteiger partial charge in [-0.1, -0.05) is 17.7 Å². The van der Waals surface area contributed by atoms with Crippen molar-refractivity contribution in [1.82, 2.24) is 0 Å². The number of benzene rings is 1. The van der Waals surface area contributed by atoms with E-state index < -0.39 is 47.4 Å². The van der Waals surface area contributed by atoms with Crippen molar-refractivity contribution in [2.75, 3.05) is 13.2 Å². The third-order valence-electron chi connectivity index (χ3n) is 3.72. The summed E-state index contributed by atoms with van der Waals surface area (Å²) in [5.74, 6) is 0. The highest BCUT2D eigenvalue weighted by molar-refractivity contribution is 7.86. The van der Waals surface area contributed by atoms with Crippen molar-refractivity contribution >= 4 is 10.1 Å². The van der Waals surface area contributed by atoms with E-state index in [1.54, 1.807) is 19.1 Å². The summed E-state index contributed by atoms with van der Waals surface area (Å²) in [4.78, 5) is -0.0355. The molecule has 0 aromatic heterocycles. The monoisotopic (exact) mass is 362 g/mol. The van der Waals surface area contributed by atoms with E-state index in [0.29, 0.717) is 0 Å². The van der Waals surface area contributed by atoms with Crippen LogP contribution in [0.4, 0.5) is 0 Å². The van der Waals surface area contributed by atoms with Crippen LogP contribution in [0.2, 0.25) is 0 Å². The third kappa shape index (κ3) is 4.31. The molecule has 1 heterocycles. The number of aliphatic hydroxyl groups excluding tert-OH is 3. The molecule has 9 heteroatoms. The first kappa shape index (κ1) is 19.3. The van der Waals surface area contributed by atoms with E-state index in [1.165, 1.54) is 12.1 Å². The van der Waals surface area contributed by atoms with Gasteiger partial charge in [-0.3, -0.25) is 4.18 Å². The lowest BCUT2D eigenvalue weighted by Crippen LogP contribution is -2.59. The first-order valence-electron chi connectivity index (χ1n) is 7.53. The van der Waals surface area contributed by atoms with Gasteiger partial charge in [-0.2, -0.15) is 8.42 Å². The molecule has 5 atom stereocenters. The summed E-state index contributed by atoms with van der Waals surface area (Å²) in [5, 5.41) is 29.8. The van der Waals surface area contributed by atoms with Crippen molar-refractivity contribution in [2.45, 2.75) is 49.4 Å². The summed E-state index contributed by atoms with van der Waals surface area (Å²) in [5.41, 5.74) is 0.896. The highest BCUT2D eigenvalue weighted by atomic mass is 32.2. The molecule has 3 N–H and O–H groups in total. The Balaban J connectivity index is 2.02. The van der Waals surface area contributed by atoms with Gasteiger partial charge in [0.15, 0.2) is 6.29 Å². The zero-order chi connectivity index (χ0) is 17.9. The van der Waals surface area contributed by atoms with Gasteiger partial charge < -0.3 is 24.8 Å². The SMILES string of the molecule is CCO[C@@H]1[C@@H](O)[C@H](O)[C@@H](COS(=O)(=O)c2ccc(C)cc2)O[C@@H]1O. The number of hydrogen-bond donors (Lipinski definition) is 3. The van der Waals surface area contributed by atoms with Gasteiger partial charge in [-0.25, -0.2) is 0 Å². The molecule has 1 aliphatic heterocycles. The maximum absolute atomic E-state index is 12.1. The van der Waals surface area contributed by atoms with Gasteiger partial charge in [-0.05, 0) is 26.0 Å². The normalized spacial score (nSPS) is 31.1. The topological polar surface area (TPSA) is 123 Å². The van der Waals surface area contributed by atoms with Crippen molar-refractivity contribution in [3.63, 3.8) is 0 Å². The standard InChI is InChI=1S/C15H22O8S/c1-3-21-14-13(17)12(16)11(23-15(14)18)8-22-24(19,20)10-6-4-9(2)5-7-10/h4-7,11-18H,3,8H2,1-2H3/t11-,12-,13+,14-,15+/m1/s1. The van der Waals surface area contributed by atoms with Gasteiger partial charge >= 0.3 is 0 Å². The van der Waals surface area contributed by atoms with E-state index in [-0.39, 0.29) is 11.5 Å². The molecule has 1 aromatic carbocycles. The summed E-state index contributed by atoms with van der Waals surface area (Å²) in [7, 11) is -4.04. The highest BCUT2D eigenvalue weighted by Crippen LogP contribution is 2.24.